The van der Waals surface area contributed by atoms with Crippen molar-refractivity contribution in [1.82, 2.24) is 15.0 Å². The number of Topliss-reactive ketones (excluding diaryl/α,β-unsaturated/α-hetero) is 1. The molecule has 2 fully saturated rings. The van der Waals surface area contributed by atoms with Crippen molar-refractivity contribution in [1.29, 1.82) is 0 Å². The van der Waals surface area contributed by atoms with E-state index >= 15 is 0 Å². The van der Waals surface area contributed by atoms with Crippen LogP contribution in [-0.2, 0) is 0 Å². The van der Waals surface area contributed by atoms with Gasteiger partial charge in [0.25, 0.3) is 0 Å². The number of hydrogen-bond donors (Lipinski definition) is 1. The van der Waals surface area contributed by atoms with Crippen LogP contribution in [0, 0.1) is 11.7 Å². The van der Waals surface area contributed by atoms with E-state index in [9.17, 15) is 9.18 Å². The smallest absolute Gasteiger partial charge is 0.172 e. The molecule has 1 saturated heterocycles. The summed E-state index contributed by atoms with van der Waals surface area (Å²) in [5.41, 5.74) is 2.18. The molecule has 7 heteroatoms. The van der Waals surface area contributed by atoms with Crippen LogP contribution in [0.1, 0.15) is 36.0 Å². The van der Waals surface area contributed by atoms with E-state index in [1.807, 2.05) is 6.07 Å². The van der Waals surface area contributed by atoms with Crippen molar-refractivity contribution in [3.63, 3.8) is 0 Å². The van der Waals surface area contributed by atoms with E-state index < -0.39 is 0 Å². The number of rotatable bonds is 5. The maximum Gasteiger partial charge on any atom is 0.172 e. The average molecular weight is 391 g/mol. The Kier molecular flexibility index (Phi) is 4.58. The van der Waals surface area contributed by atoms with Gasteiger partial charge in [0.1, 0.15) is 11.3 Å². The SMILES string of the molecule is O=C(c1ccc(F)cc1)C1CCN(c2nc3cnccc3nc2NC2CC2)CC1. The number of benzene rings is 1. The van der Waals surface area contributed by atoms with Crippen LogP contribution in [0.5, 0.6) is 0 Å². The van der Waals surface area contributed by atoms with Gasteiger partial charge in [-0.2, -0.15) is 0 Å². The van der Waals surface area contributed by atoms with E-state index in [1.54, 1.807) is 24.5 Å². The lowest BCUT2D eigenvalue weighted by molar-refractivity contribution is 0.0900. The van der Waals surface area contributed by atoms with Gasteiger partial charge in [0.05, 0.1) is 11.7 Å². The molecule has 1 aromatic carbocycles. The van der Waals surface area contributed by atoms with Gasteiger partial charge in [0.15, 0.2) is 17.4 Å². The summed E-state index contributed by atoms with van der Waals surface area (Å²) in [4.78, 5) is 28.7. The summed E-state index contributed by atoms with van der Waals surface area (Å²) in [7, 11) is 0. The number of halogens is 1. The summed E-state index contributed by atoms with van der Waals surface area (Å²) >= 11 is 0. The highest BCUT2D eigenvalue weighted by Gasteiger charge is 2.30. The number of pyridine rings is 1. The Labute approximate surface area is 168 Å². The van der Waals surface area contributed by atoms with Gasteiger partial charge in [-0.3, -0.25) is 9.78 Å². The van der Waals surface area contributed by atoms with E-state index in [4.69, 9.17) is 9.97 Å². The molecule has 0 atom stereocenters. The molecule has 3 heterocycles. The molecule has 0 unspecified atom stereocenters. The number of hydrogen-bond acceptors (Lipinski definition) is 6. The van der Waals surface area contributed by atoms with Crippen LogP contribution in [0.2, 0.25) is 0 Å². The third-order valence-electron chi connectivity index (χ3n) is 5.66. The molecule has 0 radical (unpaired) electrons. The number of nitrogens with zero attached hydrogens (tertiary/aromatic N) is 4. The fraction of sp³-hybridized carbons (Fsp3) is 0.364. The first-order valence-corrected chi connectivity index (χ1v) is 10.1. The Bertz CT molecular complexity index is 1040. The first-order valence-electron chi connectivity index (χ1n) is 10.1. The van der Waals surface area contributed by atoms with Crippen molar-refractivity contribution in [3.8, 4) is 0 Å². The molecule has 2 aromatic heterocycles. The number of aromatic nitrogens is 3. The summed E-state index contributed by atoms with van der Waals surface area (Å²) in [6.07, 6.45) is 7.26. The van der Waals surface area contributed by atoms with Crippen molar-refractivity contribution in [3.05, 3.63) is 54.1 Å². The number of carbonyl (C=O) groups is 1. The van der Waals surface area contributed by atoms with E-state index in [0.717, 1.165) is 61.4 Å². The van der Waals surface area contributed by atoms with Gasteiger partial charge in [0, 0.05) is 36.8 Å². The van der Waals surface area contributed by atoms with Crippen LogP contribution in [0.15, 0.2) is 42.7 Å². The maximum absolute atomic E-state index is 13.1. The minimum atomic E-state index is -0.323. The Hall–Kier alpha value is -3.09. The highest BCUT2D eigenvalue weighted by molar-refractivity contribution is 5.98. The zero-order valence-electron chi connectivity index (χ0n) is 16.0. The molecule has 3 aromatic rings. The molecule has 0 bridgehead atoms. The third-order valence-corrected chi connectivity index (χ3v) is 5.66. The normalized spacial score (nSPS) is 17.5. The zero-order chi connectivity index (χ0) is 19.8. The van der Waals surface area contributed by atoms with Crippen LogP contribution in [0.3, 0.4) is 0 Å². The maximum atomic E-state index is 13.1. The molecule has 5 rings (SSSR count). The van der Waals surface area contributed by atoms with Gasteiger partial charge in [-0.15, -0.1) is 0 Å². The van der Waals surface area contributed by atoms with Crippen LogP contribution >= 0.6 is 0 Å². The highest BCUT2D eigenvalue weighted by Crippen LogP contribution is 2.33. The molecule has 29 heavy (non-hydrogen) atoms. The molecule has 6 nitrogen and oxygen atoms in total. The molecule has 1 aliphatic heterocycles. The quantitative estimate of drug-likeness (QED) is 0.667. The van der Waals surface area contributed by atoms with Crippen molar-refractivity contribution < 1.29 is 9.18 Å². The molecule has 0 spiro atoms. The minimum Gasteiger partial charge on any atom is -0.364 e. The standard InChI is InChI=1S/C22H22FN5O/c23-16-3-1-14(2-4-16)20(29)15-8-11-28(12-9-15)22-21(25-17-5-6-17)26-18-7-10-24-13-19(18)27-22/h1-4,7,10,13,15,17H,5-6,8-9,11-12H2,(H,25,26). The van der Waals surface area contributed by atoms with Gasteiger partial charge in [0.2, 0.25) is 0 Å². The second kappa shape index (κ2) is 7.39. The second-order valence-electron chi connectivity index (χ2n) is 7.81. The highest BCUT2D eigenvalue weighted by atomic mass is 19.1. The van der Waals surface area contributed by atoms with Crippen LogP contribution < -0.4 is 10.2 Å². The number of nitrogens with one attached hydrogen (secondary N) is 1. The topological polar surface area (TPSA) is 71.0 Å². The summed E-state index contributed by atoms with van der Waals surface area (Å²) in [5.74, 6) is 1.37. The van der Waals surface area contributed by atoms with Crippen LogP contribution in [0.25, 0.3) is 11.0 Å². The number of piperidine rings is 1. The second-order valence-corrected chi connectivity index (χ2v) is 7.81. The lowest BCUT2D eigenvalue weighted by atomic mass is 9.89. The third kappa shape index (κ3) is 3.77. The van der Waals surface area contributed by atoms with E-state index in [2.05, 4.69) is 15.2 Å². The fourth-order valence-corrected chi connectivity index (χ4v) is 3.84. The summed E-state index contributed by atoms with van der Waals surface area (Å²) < 4.78 is 13.1. The van der Waals surface area contributed by atoms with Gasteiger partial charge < -0.3 is 10.2 Å². The van der Waals surface area contributed by atoms with Gasteiger partial charge in [-0.25, -0.2) is 14.4 Å². The van der Waals surface area contributed by atoms with Crippen LogP contribution in [0.4, 0.5) is 16.0 Å². The molecular formula is C22H22FN5O. The Morgan fingerprint density at radius 3 is 2.48 bits per heavy atom. The molecule has 1 aliphatic carbocycles. The predicted molar refractivity (Wildman–Crippen MR) is 110 cm³/mol. The molecule has 1 saturated carbocycles. The number of ketones is 1. The van der Waals surface area contributed by atoms with E-state index in [-0.39, 0.29) is 17.5 Å². The zero-order valence-corrected chi connectivity index (χ0v) is 16.0. The van der Waals surface area contributed by atoms with Crippen LogP contribution in [-0.4, -0.2) is 39.9 Å². The van der Waals surface area contributed by atoms with Gasteiger partial charge in [-0.05, 0) is 56.0 Å². The fourth-order valence-electron chi connectivity index (χ4n) is 3.84. The van der Waals surface area contributed by atoms with Crippen molar-refractivity contribution >= 4 is 28.5 Å². The molecule has 1 N–H and O–H groups in total. The average Bonchev–Trinajstić information content (AvgIpc) is 3.57. The monoisotopic (exact) mass is 391 g/mol. The molecule has 148 valence electrons. The number of fused-ring (bicyclic) bond motifs is 1. The summed E-state index contributed by atoms with van der Waals surface area (Å²) in [6.45, 7) is 1.47. The first-order chi connectivity index (χ1) is 14.2. The lowest BCUT2D eigenvalue weighted by Crippen LogP contribution is -2.37. The number of anilines is 2. The largest absolute Gasteiger partial charge is 0.364 e. The molecular weight excluding hydrogens is 369 g/mol. The van der Waals surface area contributed by atoms with Crippen molar-refractivity contribution in [2.24, 2.45) is 5.92 Å². The first kappa shape index (κ1) is 18.0. The number of carbonyl (C=O) groups excluding carboxylic acids is 1. The van der Waals surface area contributed by atoms with Gasteiger partial charge in [-0.1, -0.05) is 0 Å². The molecule has 2 aliphatic rings. The summed E-state index contributed by atoms with van der Waals surface area (Å²) in [5, 5.41) is 3.50. The molecule has 0 amide bonds. The van der Waals surface area contributed by atoms with Crippen molar-refractivity contribution in [2.75, 3.05) is 23.3 Å². The van der Waals surface area contributed by atoms with E-state index in [0.29, 0.717) is 11.6 Å². The lowest BCUT2D eigenvalue weighted by Gasteiger charge is -2.33. The van der Waals surface area contributed by atoms with Crippen molar-refractivity contribution in [2.45, 2.75) is 31.7 Å². The Morgan fingerprint density at radius 2 is 1.76 bits per heavy atom. The summed E-state index contributed by atoms with van der Waals surface area (Å²) in [6, 6.07) is 8.18. The Morgan fingerprint density at radius 1 is 1.00 bits per heavy atom. The Balaban J connectivity index is 1.35. The van der Waals surface area contributed by atoms with E-state index in [1.165, 1.54) is 12.1 Å². The van der Waals surface area contributed by atoms with Gasteiger partial charge >= 0.3 is 0 Å². The minimum absolute atomic E-state index is 0.0494. The predicted octanol–water partition coefficient (Wildman–Crippen LogP) is 3.84.